The molecule has 0 heterocycles. The van der Waals surface area contributed by atoms with Gasteiger partial charge in [0.05, 0.1) is 7.11 Å². The maximum absolute atomic E-state index is 13.2. The molecule has 0 spiro atoms. The first kappa shape index (κ1) is 10.0. The molecule has 0 radical (unpaired) electrons. The van der Waals surface area contributed by atoms with Gasteiger partial charge >= 0.3 is 0 Å². The van der Waals surface area contributed by atoms with Gasteiger partial charge in [-0.3, -0.25) is 4.79 Å². The van der Waals surface area contributed by atoms with Crippen LogP contribution in [-0.4, -0.2) is 12.9 Å². The Morgan fingerprint density at radius 1 is 0.941 bits per heavy atom. The summed E-state index contributed by atoms with van der Waals surface area (Å²) in [5.41, 5.74) is 2.55. The van der Waals surface area contributed by atoms with Crippen LogP contribution in [0.5, 0.6) is 5.75 Å². The molecule has 0 unspecified atom stereocenters. The highest BCUT2D eigenvalue weighted by Gasteiger charge is 2.27. The number of ketones is 1. The van der Waals surface area contributed by atoms with E-state index in [-0.39, 0.29) is 11.6 Å². The zero-order chi connectivity index (χ0) is 12.0. The van der Waals surface area contributed by atoms with Gasteiger partial charge in [0.25, 0.3) is 0 Å². The Morgan fingerprint density at radius 2 is 1.71 bits per heavy atom. The van der Waals surface area contributed by atoms with Crippen LogP contribution >= 0.6 is 0 Å². The predicted molar refractivity (Wildman–Crippen MR) is 61.8 cm³/mol. The molecular formula is C14H9FO2. The molecule has 0 saturated heterocycles. The molecule has 0 aromatic heterocycles. The molecule has 0 amide bonds. The molecule has 1 aliphatic carbocycles. The summed E-state index contributed by atoms with van der Waals surface area (Å²) >= 11 is 0. The topological polar surface area (TPSA) is 26.3 Å². The van der Waals surface area contributed by atoms with E-state index < -0.39 is 0 Å². The second kappa shape index (κ2) is 3.42. The van der Waals surface area contributed by atoms with E-state index in [0.29, 0.717) is 22.4 Å². The van der Waals surface area contributed by atoms with Crippen LogP contribution in [0.2, 0.25) is 0 Å². The smallest absolute Gasteiger partial charge is 0.194 e. The number of hydrogen-bond acceptors (Lipinski definition) is 2. The molecule has 2 aromatic rings. The van der Waals surface area contributed by atoms with Gasteiger partial charge in [0.2, 0.25) is 0 Å². The van der Waals surface area contributed by atoms with Gasteiger partial charge in [-0.1, -0.05) is 0 Å². The maximum atomic E-state index is 13.2. The monoisotopic (exact) mass is 228 g/mol. The number of carbonyl (C=O) groups is 1. The lowest BCUT2D eigenvalue weighted by atomic mass is 10.1. The van der Waals surface area contributed by atoms with Gasteiger partial charge in [0.1, 0.15) is 11.6 Å². The minimum atomic E-state index is -0.333. The molecular weight excluding hydrogens is 219 g/mol. The molecule has 1 aliphatic rings. The summed E-state index contributed by atoms with van der Waals surface area (Å²) in [6.45, 7) is 0. The zero-order valence-corrected chi connectivity index (χ0v) is 9.16. The summed E-state index contributed by atoms with van der Waals surface area (Å²) in [5.74, 6) is 0.222. The van der Waals surface area contributed by atoms with Crippen LogP contribution in [-0.2, 0) is 0 Å². The zero-order valence-electron chi connectivity index (χ0n) is 9.16. The van der Waals surface area contributed by atoms with Crippen molar-refractivity contribution >= 4 is 5.78 Å². The molecule has 2 nitrogen and oxygen atoms in total. The van der Waals surface area contributed by atoms with Crippen LogP contribution in [0.25, 0.3) is 11.1 Å². The Balaban J connectivity index is 2.28. The van der Waals surface area contributed by atoms with Crippen molar-refractivity contribution in [2.45, 2.75) is 0 Å². The second-order valence-electron chi connectivity index (χ2n) is 3.93. The van der Waals surface area contributed by atoms with Crippen molar-refractivity contribution in [1.82, 2.24) is 0 Å². The Bertz CT molecular complexity index is 632. The number of methoxy groups -OCH3 is 1. The van der Waals surface area contributed by atoms with E-state index in [2.05, 4.69) is 0 Å². The van der Waals surface area contributed by atoms with Crippen molar-refractivity contribution < 1.29 is 13.9 Å². The summed E-state index contributed by atoms with van der Waals surface area (Å²) in [4.78, 5) is 12.1. The highest BCUT2D eigenvalue weighted by molar-refractivity contribution is 6.21. The van der Waals surface area contributed by atoms with Gasteiger partial charge < -0.3 is 4.74 Å². The molecule has 84 valence electrons. The van der Waals surface area contributed by atoms with Crippen LogP contribution in [0, 0.1) is 5.82 Å². The van der Waals surface area contributed by atoms with E-state index in [1.807, 2.05) is 0 Å². The van der Waals surface area contributed by atoms with Crippen LogP contribution in [0.4, 0.5) is 4.39 Å². The van der Waals surface area contributed by atoms with Crippen molar-refractivity contribution in [3.05, 3.63) is 53.3 Å². The van der Waals surface area contributed by atoms with Crippen LogP contribution in [0.15, 0.2) is 36.4 Å². The summed E-state index contributed by atoms with van der Waals surface area (Å²) in [7, 11) is 1.55. The van der Waals surface area contributed by atoms with Crippen molar-refractivity contribution in [2.75, 3.05) is 7.11 Å². The first-order valence-corrected chi connectivity index (χ1v) is 5.23. The van der Waals surface area contributed by atoms with E-state index in [1.54, 1.807) is 25.3 Å². The molecule has 3 rings (SSSR count). The van der Waals surface area contributed by atoms with Crippen molar-refractivity contribution in [3.8, 4) is 16.9 Å². The lowest BCUT2D eigenvalue weighted by Crippen LogP contribution is -1.95. The first-order valence-electron chi connectivity index (χ1n) is 5.23. The van der Waals surface area contributed by atoms with Crippen molar-refractivity contribution in [1.29, 1.82) is 0 Å². The van der Waals surface area contributed by atoms with Gasteiger partial charge in [0.15, 0.2) is 5.78 Å². The molecule has 0 saturated carbocycles. The number of carbonyl (C=O) groups excluding carboxylic acids is 1. The predicted octanol–water partition coefficient (Wildman–Crippen LogP) is 3.05. The summed E-state index contributed by atoms with van der Waals surface area (Å²) in [6.07, 6.45) is 0. The van der Waals surface area contributed by atoms with E-state index in [9.17, 15) is 9.18 Å². The largest absolute Gasteiger partial charge is 0.497 e. The highest BCUT2D eigenvalue weighted by Crippen LogP contribution is 2.38. The molecule has 0 atom stereocenters. The number of fused-ring (bicyclic) bond motifs is 3. The molecule has 0 N–H and O–H groups in total. The Kier molecular flexibility index (Phi) is 2.01. The Labute approximate surface area is 97.7 Å². The lowest BCUT2D eigenvalue weighted by molar-refractivity contribution is 0.104. The Hall–Kier alpha value is -2.16. The molecule has 17 heavy (non-hydrogen) atoms. The van der Waals surface area contributed by atoms with Gasteiger partial charge in [-0.15, -0.1) is 0 Å². The fourth-order valence-corrected chi connectivity index (χ4v) is 2.16. The minimum absolute atomic E-state index is 0.0751. The Morgan fingerprint density at radius 3 is 2.47 bits per heavy atom. The van der Waals surface area contributed by atoms with E-state index in [1.165, 1.54) is 18.2 Å². The van der Waals surface area contributed by atoms with E-state index in [4.69, 9.17) is 4.74 Å². The SMILES string of the molecule is COc1ccc2c(c1)C(=O)c1ccc(F)cc1-2. The van der Waals surface area contributed by atoms with Crippen LogP contribution < -0.4 is 4.74 Å². The third-order valence-electron chi connectivity index (χ3n) is 2.99. The quantitative estimate of drug-likeness (QED) is 0.639. The van der Waals surface area contributed by atoms with E-state index in [0.717, 1.165) is 5.56 Å². The fourth-order valence-electron chi connectivity index (χ4n) is 2.16. The average molecular weight is 228 g/mol. The van der Waals surface area contributed by atoms with E-state index >= 15 is 0 Å². The van der Waals surface area contributed by atoms with Gasteiger partial charge in [0, 0.05) is 11.1 Å². The van der Waals surface area contributed by atoms with Crippen molar-refractivity contribution in [3.63, 3.8) is 0 Å². The van der Waals surface area contributed by atoms with Gasteiger partial charge in [-0.2, -0.15) is 0 Å². The number of benzene rings is 2. The minimum Gasteiger partial charge on any atom is -0.497 e. The number of rotatable bonds is 1. The molecule has 0 fully saturated rings. The standard InChI is InChI=1S/C14H9FO2/c1-17-9-3-5-10-12-6-8(15)2-4-11(12)14(16)13(10)7-9/h2-7H,1H3. The van der Waals surface area contributed by atoms with Gasteiger partial charge in [-0.25, -0.2) is 4.39 Å². The van der Waals surface area contributed by atoms with Crippen molar-refractivity contribution in [2.24, 2.45) is 0 Å². The third-order valence-corrected chi connectivity index (χ3v) is 2.99. The molecule has 3 heteroatoms. The number of halogens is 1. The summed E-state index contributed by atoms with van der Waals surface area (Å²) in [5, 5.41) is 0. The summed E-state index contributed by atoms with van der Waals surface area (Å²) in [6, 6.07) is 9.48. The number of ether oxygens (including phenoxy) is 1. The third kappa shape index (κ3) is 1.35. The van der Waals surface area contributed by atoms with Crippen LogP contribution in [0.3, 0.4) is 0 Å². The molecule has 2 aromatic carbocycles. The first-order chi connectivity index (χ1) is 8.20. The maximum Gasteiger partial charge on any atom is 0.194 e. The molecule has 0 bridgehead atoms. The summed E-state index contributed by atoms with van der Waals surface area (Å²) < 4.78 is 18.3. The second-order valence-corrected chi connectivity index (χ2v) is 3.93. The van der Waals surface area contributed by atoms with Gasteiger partial charge in [-0.05, 0) is 47.5 Å². The fraction of sp³-hybridized carbons (Fsp3) is 0.0714. The highest BCUT2D eigenvalue weighted by atomic mass is 19.1. The lowest BCUT2D eigenvalue weighted by Gasteiger charge is -2.02. The number of hydrogen-bond donors (Lipinski definition) is 0. The molecule has 0 aliphatic heterocycles. The normalized spacial score (nSPS) is 12.2. The van der Waals surface area contributed by atoms with Crippen LogP contribution in [0.1, 0.15) is 15.9 Å². The average Bonchev–Trinajstić information content (AvgIpc) is 2.62.